The van der Waals surface area contributed by atoms with Gasteiger partial charge in [0.25, 0.3) is 0 Å². The molecule has 1 atom stereocenters. The van der Waals surface area contributed by atoms with Crippen LogP contribution in [0.1, 0.15) is 24.9 Å². The Morgan fingerprint density at radius 2 is 1.79 bits per heavy atom. The molecule has 2 nitrogen and oxygen atoms in total. The third-order valence-corrected chi connectivity index (χ3v) is 2.02. The predicted octanol–water partition coefficient (Wildman–Crippen LogP) is 2.02. The molecule has 0 aliphatic carbocycles. The van der Waals surface area contributed by atoms with E-state index in [4.69, 9.17) is 5.84 Å². The van der Waals surface area contributed by atoms with Crippen molar-refractivity contribution in [1.29, 1.82) is 0 Å². The van der Waals surface area contributed by atoms with Crippen molar-refractivity contribution in [1.82, 2.24) is 5.43 Å². The summed E-state index contributed by atoms with van der Waals surface area (Å²) in [5.74, 6) is 1.31. The summed E-state index contributed by atoms with van der Waals surface area (Å²) in [7, 11) is 0. The van der Waals surface area contributed by atoms with Gasteiger partial charge in [-0.25, -0.2) is 13.2 Å². The van der Waals surface area contributed by atoms with Crippen molar-refractivity contribution in [3.8, 4) is 0 Å². The second-order valence-electron chi connectivity index (χ2n) is 2.93. The van der Waals surface area contributed by atoms with Gasteiger partial charge in [0.2, 0.25) is 0 Å². The summed E-state index contributed by atoms with van der Waals surface area (Å²) in [5, 5.41) is 0. The molecule has 1 rings (SSSR count). The second-order valence-corrected chi connectivity index (χ2v) is 2.93. The van der Waals surface area contributed by atoms with Crippen LogP contribution in [-0.2, 0) is 0 Å². The van der Waals surface area contributed by atoms with Gasteiger partial charge < -0.3 is 0 Å². The van der Waals surface area contributed by atoms with E-state index in [9.17, 15) is 13.2 Å². The van der Waals surface area contributed by atoms with Gasteiger partial charge in [-0.2, -0.15) is 0 Å². The second kappa shape index (κ2) is 4.43. The van der Waals surface area contributed by atoms with Crippen molar-refractivity contribution >= 4 is 0 Å². The van der Waals surface area contributed by atoms with Gasteiger partial charge in [-0.3, -0.25) is 11.3 Å². The number of nitrogens with one attached hydrogen (secondary N) is 1. The van der Waals surface area contributed by atoms with E-state index >= 15 is 0 Å². The highest BCUT2D eigenvalue weighted by molar-refractivity contribution is 5.22. The summed E-state index contributed by atoms with van der Waals surface area (Å²) >= 11 is 0. The minimum atomic E-state index is -1.46. The summed E-state index contributed by atoms with van der Waals surface area (Å²) in [6.45, 7) is 1.80. The molecular weight excluding hydrogens is 193 g/mol. The fraction of sp³-hybridized carbons (Fsp3) is 0.333. The van der Waals surface area contributed by atoms with E-state index in [1.54, 1.807) is 6.92 Å². The van der Waals surface area contributed by atoms with Gasteiger partial charge in [0.05, 0.1) is 0 Å². The van der Waals surface area contributed by atoms with Gasteiger partial charge in [-0.15, -0.1) is 0 Å². The summed E-state index contributed by atoms with van der Waals surface area (Å²) in [5.41, 5.74) is 2.68. The molecule has 14 heavy (non-hydrogen) atoms. The molecule has 1 unspecified atom stereocenters. The van der Waals surface area contributed by atoms with Gasteiger partial charge in [0, 0.05) is 6.04 Å². The molecule has 0 fully saturated rings. The first-order valence-electron chi connectivity index (χ1n) is 4.20. The normalized spacial score (nSPS) is 12.9. The predicted molar refractivity (Wildman–Crippen MR) is 46.7 cm³/mol. The number of rotatable bonds is 3. The lowest BCUT2D eigenvalue weighted by Crippen LogP contribution is -2.27. The van der Waals surface area contributed by atoms with E-state index in [0.29, 0.717) is 12.0 Å². The van der Waals surface area contributed by atoms with E-state index in [1.165, 1.54) is 0 Å². The summed E-state index contributed by atoms with van der Waals surface area (Å²) in [6.07, 6.45) is 0.557. The first-order chi connectivity index (χ1) is 6.60. The van der Waals surface area contributed by atoms with Crippen LogP contribution in [0.25, 0.3) is 0 Å². The molecule has 0 saturated carbocycles. The molecule has 1 aromatic carbocycles. The SMILES string of the molecule is CCC(NN)c1cc(F)c(F)c(F)c1. The standard InChI is InChI=1S/C9H11F3N2/c1-2-8(14-13)5-3-6(10)9(12)7(11)4-5/h3-4,8,14H,2,13H2,1H3. The molecule has 78 valence electrons. The topological polar surface area (TPSA) is 38.0 Å². The average Bonchev–Trinajstić information content (AvgIpc) is 2.16. The maximum absolute atomic E-state index is 12.8. The molecule has 0 aliphatic heterocycles. The maximum atomic E-state index is 12.8. The van der Waals surface area contributed by atoms with E-state index in [0.717, 1.165) is 12.1 Å². The van der Waals surface area contributed by atoms with Crippen LogP contribution in [0.15, 0.2) is 12.1 Å². The highest BCUT2D eigenvalue weighted by Crippen LogP contribution is 2.20. The van der Waals surface area contributed by atoms with E-state index in [2.05, 4.69) is 5.43 Å². The third kappa shape index (κ3) is 2.05. The molecule has 0 spiro atoms. The zero-order valence-corrected chi connectivity index (χ0v) is 7.65. The maximum Gasteiger partial charge on any atom is 0.194 e. The number of nitrogens with two attached hydrogens (primary N) is 1. The highest BCUT2D eigenvalue weighted by Gasteiger charge is 2.14. The molecule has 0 aromatic heterocycles. The Morgan fingerprint density at radius 1 is 1.29 bits per heavy atom. The van der Waals surface area contributed by atoms with Crippen molar-refractivity contribution in [2.24, 2.45) is 5.84 Å². The lowest BCUT2D eigenvalue weighted by Gasteiger charge is -2.14. The first-order valence-corrected chi connectivity index (χ1v) is 4.20. The molecule has 3 N–H and O–H groups in total. The highest BCUT2D eigenvalue weighted by atomic mass is 19.2. The van der Waals surface area contributed by atoms with Gasteiger partial charge in [-0.05, 0) is 24.1 Å². The Morgan fingerprint density at radius 3 is 2.14 bits per heavy atom. The van der Waals surface area contributed by atoms with Gasteiger partial charge in [-0.1, -0.05) is 6.92 Å². The third-order valence-electron chi connectivity index (χ3n) is 2.02. The molecular formula is C9H11F3N2. The number of hydrogen-bond acceptors (Lipinski definition) is 2. The molecule has 0 bridgehead atoms. The Labute approximate surface area is 79.9 Å². The fourth-order valence-electron chi connectivity index (χ4n) is 1.23. The molecule has 1 aromatic rings. The van der Waals surface area contributed by atoms with Gasteiger partial charge in [0.15, 0.2) is 17.5 Å². The Kier molecular flexibility index (Phi) is 3.49. The Balaban J connectivity index is 3.11. The molecule has 5 heteroatoms. The van der Waals surface area contributed by atoms with Crippen LogP contribution in [0.2, 0.25) is 0 Å². The van der Waals surface area contributed by atoms with Crippen LogP contribution in [0, 0.1) is 17.5 Å². The first kappa shape index (κ1) is 11.0. The van der Waals surface area contributed by atoms with E-state index < -0.39 is 17.5 Å². The summed E-state index contributed by atoms with van der Waals surface area (Å²) < 4.78 is 38.2. The van der Waals surface area contributed by atoms with Crippen molar-refractivity contribution in [2.75, 3.05) is 0 Å². The van der Waals surface area contributed by atoms with E-state index in [-0.39, 0.29) is 6.04 Å². The number of halogens is 3. The molecule has 0 aliphatic rings. The molecule has 0 amide bonds. The Hall–Kier alpha value is -1.07. The Bertz CT molecular complexity index is 301. The average molecular weight is 204 g/mol. The molecule has 0 radical (unpaired) electrons. The van der Waals surface area contributed by atoms with Crippen LogP contribution in [-0.4, -0.2) is 0 Å². The lowest BCUT2D eigenvalue weighted by atomic mass is 10.0. The molecule has 0 saturated heterocycles. The van der Waals surface area contributed by atoms with Crippen LogP contribution in [0.3, 0.4) is 0 Å². The van der Waals surface area contributed by atoms with Crippen molar-refractivity contribution in [3.63, 3.8) is 0 Å². The number of hydrazine groups is 1. The summed E-state index contributed by atoms with van der Waals surface area (Å²) in [4.78, 5) is 0. The van der Waals surface area contributed by atoms with Crippen molar-refractivity contribution in [3.05, 3.63) is 35.1 Å². The zero-order valence-electron chi connectivity index (χ0n) is 7.65. The zero-order chi connectivity index (χ0) is 10.7. The van der Waals surface area contributed by atoms with Crippen molar-refractivity contribution < 1.29 is 13.2 Å². The van der Waals surface area contributed by atoms with Crippen molar-refractivity contribution in [2.45, 2.75) is 19.4 Å². The van der Waals surface area contributed by atoms with E-state index in [1.807, 2.05) is 0 Å². The monoisotopic (exact) mass is 204 g/mol. The minimum absolute atomic E-state index is 0.298. The fourth-order valence-corrected chi connectivity index (χ4v) is 1.23. The van der Waals surface area contributed by atoms with Crippen LogP contribution < -0.4 is 11.3 Å². The van der Waals surface area contributed by atoms with Gasteiger partial charge in [0.1, 0.15) is 0 Å². The lowest BCUT2D eigenvalue weighted by molar-refractivity contribution is 0.438. The number of hydrogen-bond donors (Lipinski definition) is 2. The van der Waals surface area contributed by atoms with Crippen LogP contribution >= 0.6 is 0 Å². The largest absolute Gasteiger partial charge is 0.271 e. The van der Waals surface area contributed by atoms with Crippen LogP contribution in [0.5, 0.6) is 0 Å². The summed E-state index contributed by atoms with van der Waals surface area (Å²) in [6, 6.07) is 1.50. The minimum Gasteiger partial charge on any atom is -0.271 e. The van der Waals surface area contributed by atoms with Crippen LogP contribution in [0.4, 0.5) is 13.2 Å². The quantitative estimate of drug-likeness (QED) is 0.449. The molecule has 0 heterocycles. The number of benzene rings is 1. The smallest absolute Gasteiger partial charge is 0.194 e. The van der Waals surface area contributed by atoms with Gasteiger partial charge >= 0.3 is 0 Å².